The van der Waals surface area contributed by atoms with Crippen molar-refractivity contribution in [3.8, 4) is 0 Å². The van der Waals surface area contributed by atoms with E-state index in [0.29, 0.717) is 32.1 Å². The zero-order chi connectivity index (χ0) is 29.3. The molecule has 1 amide bonds. The van der Waals surface area contributed by atoms with Crippen LogP contribution in [-0.2, 0) is 44.4 Å². The standard InChI is InChI=1S/C30H46N2O9/c1-5-6-7-8-9-16-37-21-30-27(40-29(2,3)41-30)26(24(39-30)20-32-14-17-36-18-15-32)38-28(34)31-23-12-10-22(11-13-23)19-25(33)35-4/h10-13,24,26-27H,5-9,14-21H2,1-4H3,(H,31,34)/t24-,26+,27-,30-/m0/s1. The second-order valence-corrected chi connectivity index (χ2v) is 11.3. The third kappa shape index (κ3) is 8.86. The number of ether oxygens (including phenoxy) is 7. The summed E-state index contributed by atoms with van der Waals surface area (Å²) in [5.74, 6) is -2.46. The van der Waals surface area contributed by atoms with Crippen molar-refractivity contribution in [2.75, 3.05) is 58.5 Å². The van der Waals surface area contributed by atoms with E-state index in [2.05, 4.69) is 17.1 Å². The highest BCUT2D eigenvalue weighted by Gasteiger charge is 2.66. The Morgan fingerprint density at radius 3 is 2.49 bits per heavy atom. The number of nitrogens with zero attached hydrogens (tertiary/aromatic N) is 1. The molecule has 0 bridgehead atoms. The van der Waals surface area contributed by atoms with Gasteiger partial charge in [-0.3, -0.25) is 15.0 Å². The Morgan fingerprint density at radius 1 is 1.05 bits per heavy atom. The van der Waals surface area contributed by atoms with Crippen molar-refractivity contribution >= 4 is 17.7 Å². The lowest BCUT2D eigenvalue weighted by Crippen LogP contribution is -2.47. The van der Waals surface area contributed by atoms with Gasteiger partial charge in [0.05, 0.1) is 26.7 Å². The van der Waals surface area contributed by atoms with Gasteiger partial charge in [-0.05, 0) is 38.0 Å². The van der Waals surface area contributed by atoms with E-state index in [1.807, 2.05) is 13.8 Å². The number of anilines is 1. The molecule has 0 aromatic heterocycles. The molecule has 3 saturated heterocycles. The van der Waals surface area contributed by atoms with Gasteiger partial charge in [-0.1, -0.05) is 44.7 Å². The predicted octanol–water partition coefficient (Wildman–Crippen LogP) is 3.89. The molecule has 3 heterocycles. The number of fused-ring (bicyclic) bond motifs is 1. The maximum absolute atomic E-state index is 13.1. The molecule has 1 aromatic rings. The van der Waals surface area contributed by atoms with Gasteiger partial charge >= 0.3 is 12.1 Å². The molecule has 0 radical (unpaired) electrons. The highest BCUT2D eigenvalue weighted by Crippen LogP contribution is 2.47. The van der Waals surface area contributed by atoms with E-state index < -0.39 is 36.0 Å². The first-order chi connectivity index (χ1) is 19.7. The molecular weight excluding hydrogens is 532 g/mol. The average Bonchev–Trinajstić information content (AvgIpc) is 3.35. The van der Waals surface area contributed by atoms with Crippen LogP contribution in [0.5, 0.6) is 0 Å². The summed E-state index contributed by atoms with van der Waals surface area (Å²) in [6.45, 7) is 9.95. The Morgan fingerprint density at radius 2 is 1.78 bits per heavy atom. The van der Waals surface area contributed by atoms with Crippen LogP contribution in [0.3, 0.4) is 0 Å². The van der Waals surface area contributed by atoms with E-state index in [9.17, 15) is 9.59 Å². The van der Waals surface area contributed by atoms with Crippen LogP contribution in [-0.4, -0.2) is 100 Å². The maximum Gasteiger partial charge on any atom is 0.412 e. The summed E-state index contributed by atoms with van der Waals surface area (Å²) in [5, 5.41) is 2.78. The summed E-state index contributed by atoms with van der Waals surface area (Å²) in [7, 11) is 1.35. The number of benzene rings is 1. The fourth-order valence-electron chi connectivity index (χ4n) is 5.52. The van der Waals surface area contributed by atoms with Crippen LogP contribution in [0.25, 0.3) is 0 Å². The Labute approximate surface area is 243 Å². The molecule has 4 atom stereocenters. The van der Waals surface area contributed by atoms with Crippen LogP contribution in [0.4, 0.5) is 10.5 Å². The summed E-state index contributed by atoms with van der Waals surface area (Å²) in [6, 6.07) is 6.95. The fraction of sp³-hybridized carbons (Fsp3) is 0.733. The first-order valence-corrected chi connectivity index (χ1v) is 14.8. The van der Waals surface area contributed by atoms with Crippen molar-refractivity contribution in [1.29, 1.82) is 0 Å². The molecule has 4 rings (SSSR count). The number of methoxy groups -OCH3 is 1. The molecule has 3 aliphatic heterocycles. The zero-order valence-corrected chi connectivity index (χ0v) is 24.9. The number of hydrogen-bond acceptors (Lipinski definition) is 10. The second kappa shape index (κ2) is 14.8. The molecular formula is C30H46N2O9. The maximum atomic E-state index is 13.1. The molecule has 11 nitrogen and oxygen atoms in total. The number of amides is 1. The van der Waals surface area contributed by atoms with Crippen molar-refractivity contribution in [3.05, 3.63) is 29.8 Å². The lowest BCUT2D eigenvalue weighted by molar-refractivity contribution is -0.279. The van der Waals surface area contributed by atoms with Gasteiger partial charge in [0, 0.05) is 31.9 Å². The minimum atomic E-state index is -1.19. The molecule has 1 N–H and O–H groups in total. The smallest absolute Gasteiger partial charge is 0.412 e. The van der Waals surface area contributed by atoms with Crippen LogP contribution >= 0.6 is 0 Å². The normalized spacial score (nSPS) is 27.4. The number of nitrogens with one attached hydrogen (secondary N) is 1. The fourth-order valence-corrected chi connectivity index (χ4v) is 5.52. The molecule has 230 valence electrons. The van der Waals surface area contributed by atoms with E-state index in [4.69, 9.17) is 33.2 Å². The predicted molar refractivity (Wildman–Crippen MR) is 151 cm³/mol. The highest BCUT2D eigenvalue weighted by atomic mass is 16.9. The van der Waals surface area contributed by atoms with E-state index in [1.54, 1.807) is 24.3 Å². The van der Waals surface area contributed by atoms with Crippen molar-refractivity contribution in [3.63, 3.8) is 0 Å². The van der Waals surface area contributed by atoms with Gasteiger partial charge in [-0.2, -0.15) is 0 Å². The van der Waals surface area contributed by atoms with Gasteiger partial charge in [0.15, 0.2) is 18.0 Å². The monoisotopic (exact) mass is 578 g/mol. The van der Waals surface area contributed by atoms with Gasteiger partial charge in [-0.25, -0.2) is 4.79 Å². The lowest BCUT2D eigenvalue weighted by Gasteiger charge is -2.33. The van der Waals surface area contributed by atoms with E-state index in [1.165, 1.54) is 26.4 Å². The summed E-state index contributed by atoms with van der Waals surface area (Å²) < 4.78 is 41.6. The first-order valence-electron chi connectivity index (χ1n) is 14.8. The summed E-state index contributed by atoms with van der Waals surface area (Å²) >= 11 is 0. The van der Waals surface area contributed by atoms with Crippen LogP contribution in [0.15, 0.2) is 24.3 Å². The van der Waals surface area contributed by atoms with Crippen LogP contribution in [0.1, 0.15) is 58.4 Å². The summed E-state index contributed by atoms with van der Waals surface area (Å²) in [5.41, 5.74) is 1.31. The number of carbonyl (C=O) groups is 2. The number of morpholine rings is 1. The van der Waals surface area contributed by atoms with Crippen molar-refractivity contribution in [2.24, 2.45) is 0 Å². The molecule has 0 aliphatic carbocycles. The first kappa shape index (κ1) is 31.7. The average molecular weight is 579 g/mol. The minimum absolute atomic E-state index is 0.154. The summed E-state index contributed by atoms with van der Waals surface area (Å²) in [4.78, 5) is 26.9. The minimum Gasteiger partial charge on any atom is -0.469 e. The molecule has 0 spiro atoms. The van der Waals surface area contributed by atoms with Crippen LogP contribution < -0.4 is 5.32 Å². The zero-order valence-electron chi connectivity index (χ0n) is 24.9. The Bertz CT molecular complexity index is 983. The second-order valence-electron chi connectivity index (χ2n) is 11.3. The Kier molecular flexibility index (Phi) is 11.4. The molecule has 3 aliphatic rings. The molecule has 0 saturated carbocycles. The van der Waals surface area contributed by atoms with Gasteiger partial charge in [-0.15, -0.1) is 0 Å². The van der Waals surface area contributed by atoms with Crippen LogP contribution in [0, 0.1) is 0 Å². The summed E-state index contributed by atoms with van der Waals surface area (Å²) in [6.07, 6.45) is 3.32. The molecule has 1 aromatic carbocycles. The number of unbranched alkanes of at least 4 members (excludes halogenated alkanes) is 4. The number of esters is 1. The van der Waals surface area contributed by atoms with Gasteiger partial charge < -0.3 is 33.2 Å². The van der Waals surface area contributed by atoms with E-state index in [0.717, 1.165) is 31.5 Å². The SMILES string of the molecule is CCCCCCCOC[C@@]12O[C@@H](CN3CCOCC3)[C@@H](OC(=O)Nc3ccc(CC(=O)OC)cc3)[C@@H]1OC(C)(C)O2. The quantitative estimate of drug-likeness (QED) is 0.258. The van der Waals surface area contributed by atoms with Crippen molar-refractivity contribution < 1.29 is 42.7 Å². The number of rotatable bonds is 14. The van der Waals surface area contributed by atoms with Gasteiger partial charge in [0.2, 0.25) is 5.79 Å². The number of carbonyl (C=O) groups excluding carboxylic acids is 2. The molecule has 3 fully saturated rings. The Balaban J connectivity index is 1.43. The topological polar surface area (TPSA) is 114 Å². The van der Waals surface area contributed by atoms with Gasteiger partial charge in [0.25, 0.3) is 0 Å². The van der Waals surface area contributed by atoms with E-state index in [-0.39, 0.29) is 19.0 Å². The van der Waals surface area contributed by atoms with Crippen LogP contribution in [0.2, 0.25) is 0 Å². The molecule has 41 heavy (non-hydrogen) atoms. The molecule has 0 unspecified atom stereocenters. The van der Waals surface area contributed by atoms with Crippen molar-refractivity contribution in [1.82, 2.24) is 4.90 Å². The van der Waals surface area contributed by atoms with Crippen molar-refractivity contribution in [2.45, 2.75) is 89.2 Å². The third-order valence-electron chi connectivity index (χ3n) is 7.54. The van der Waals surface area contributed by atoms with Gasteiger partial charge in [0.1, 0.15) is 12.7 Å². The Hall–Kier alpha value is -2.28. The lowest BCUT2D eigenvalue weighted by atomic mass is 10.0. The number of hydrogen-bond donors (Lipinski definition) is 1. The molecule has 11 heteroatoms. The van der Waals surface area contributed by atoms with E-state index >= 15 is 0 Å². The third-order valence-corrected chi connectivity index (χ3v) is 7.54. The highest BCUT2D eigenvalue weighted by molar-refractivity contribution is 5.85. The largest absolute Gasteiger partial charge is 0.469 e.